The zero-order valence-electron chi connectivity index (χ0n) is 22.7. The molecule has 2 aromatic heterocycles. The van der Waals surface area contributed by atoms with Gasteiger partial charge in [-0.2, -0.15) is 4.79 Å². The highest BCUT2D eigenvalue weighted by Gasteiger charge is 2.48. The number of carbonyl (C=O) groups is 2. The number of anilines is 1. The molecule has 3 heterocycles. The first-order valence-corrected chi connectivity index (χ1v) is 13.1. The number of halogens is 2. The quantitative estimate of drug-likeness (QED) is 0.217. The highest BCUT2D eigenvalue weighted by atomic mass is 19.1. The minimum absolute atomic E-state index is 0.166. The molecule has 16 heteroatoms. The van der Waals surface area contributed by atoms with Gasteiger partial charge in [0.1, 0.15) is 24.5 Å². The Hall–Kier alpha value is -4.99. The molecule has 14 nitrogen and oxygen atoms in total. The zero-order valence-corrected chi connectivity index (χ0v) is 22.7. The fraction of sp³-hybridized carbons (Fsp3) is 0.346. The topological polar surface area (TPSA) is 145 Å². The van der Waals surface area contributed by atoms with Crippen LogP contribution in [0.5, 0.6) is 0 Å². The highest BCUT2D eigenvalue weighted by molar-refractivity contribution is 5.94. The van der Waals surface area contributed by atoms with Crippen LogP contribution in [0.4, 0.5) is 24.1 Å². The first-order valence-electron chi connectivity index (χ1n) is 13.1. The maximum absolute atomic E-state index is 15.1. The van der Waals surface area contributed by atoms with E-state index < -0.39 is 35.5 Å². The molecule has 1 fully saturated rings. The van der Waals surface area contributed by atoms with Gasteiger partial charge in [0.05, 0.1) is 18.3 Å². The van der Waals surface area contributed by atoms with E-state index in [0.29, 0.717) is 30.4 Å². The molecule has 1 aliphatic heterocycles. The number of carbonyl (C=O) groups excluding carboxylic acids is 2. The Morgan fingerprint density at radius 2 is 1.90 bits per heavy atom. The number of ether oxygens (including phenoxy) is 1. The summed E-state index contributed by atoms with van der Waals surface area (Å²) in [6.07, 6.45) is 3.49. The summed E-state index contributed by atoms with van der Waals surface area (Å²) < 4.78 is 37.5. The Bertz CT molecular complexity index is 1550. The maximum Gasteiger partial charge on any atom is 0.551 e. The average molecular weight is 585 g/mol. The number of amides is 2. The summed E-state index contributed by atoms with van der Waals surface area (Å²) in [5.74, 6) is -1.82. The number of tetrazole rings is 1. The van der Waals surface area contributed by atoms with E-state index in [1.54, 1.807) is 31.2 Å². The number of hydrogen-bond acceptors (Lipinski definition) is 9. The molecule has 4 aromatic rings. The second kappa shape index (κ2) is 11.9. The molecule has 42 heavy (non-hydrogen) atoms. The first kappa shape index (κ1) is 28.5. The van der Waals surface area contributed by atoms with Crippen molar-refractivity contribution in [3.8, 4) is 5.69 Å². The molecule has 2 atom stereocenters. The Morgan fingerprint density at radius 1 is 1.14 bits per heavy atom. The van der Waals surface area contributed by atoms with Gasteiger partial charge < -0.3 is 14.7 Å². The molecule has 1 aliphatic rings. The molecule has 1 N–H and O–H groups in total. The predicted molar refractivity (Wildman–Crippen MR) is 139 cm³/mol. The van der Waals surface area contributed by atoms with Gasteiger partial charge in [-0.1, -0.05) is 13.0 Å². The molecule has 0 saturated carbocycles. The first-order chi connectivity index (χ1) is 20.2. The Labute approximate surface area is 238 Å². The van der Waals surface area contributed by atoms with Crippen molar-refractivity contribution in [3.05, 3.63) is 78.6 Å². The third-order valence-electron chi connectivity index (χ3n) is 6.94. The summed E-state index contributed by atoms with van der Waals surface area (Å²) in [5.41, 5.74) is -1.03. The normalized spacial score (nSPS) is 15.5. The molecule has 5 rings (SSSR count). The highest BCUT2D eigenvalue weighted by Crippen LogP contribution is 2.34. The SMILES string of the molecule is CCCOC(=O)On1cn[n+](C[C@](O)(c2ccc(F)cc2F)[C@@H](C)N2CCN(c3ccc(-n4cnnn4)cc3)C2=O)c1. The van der Waals surface area contributed by atoms with Crippen molar-refractivity contribution in [2.75, 3.05) is 24.6 Å². The van der Waals surface area contributed by atoms with Gasteiger partial charge in [0, 0.05) is 30.4 Å². The van der Waals surface area contributed by atoms with E-state index in [2.05, 4.69) is 20.6 Å². The summed E-state index contributed by atoms with van der Waals surface area (Å²) in [5, 5.41) is 27.2. The van der Waals surface area contributed by atoms with Gasteiger partial charge in [-0.25, -0.2) is 23.1 Å². The lowest BCUT2D eigenvalue weighted by Gasteiger charge is -2.38. The number of benzene rings is 2. The van der Waals surface area contributed by atoms with Gasteiger partial charge >= 0.3 is 18.5 Å². The summed E-state index contributed by atoms with van der Waals surface area (Å²) in [6.45, 7) is 3.70. The standard InChI is InChI=1S/C26H28F2N9O5/c1-3-12-41-25(39)42-34-16-30-33(17-34)14-26(40,22-9-4-19(27)13-23(22)28)18(2)35-10-11-36(24(35)38)20-5-7-21(8-6-20)37-15-29-31-32-37/h4-9,13,15-18,40H,3,10-12,14H2,1-2H3/q+1/t18-,26-/m1/s1. The summed E-state index contributed by atoms with van der Waals surface area (Å²) in [4.78, 5) is 33.4. The Morgan fingerprint density at radius 3 is 2.60 bits per heavy atom. The molecule has 0 radical (unpaired) electrons. The fourth-order valence-corrected chi connectivity index (χ4v) is 4.74. The number of urea groups is 1. The van der Waals surface area contributed by atoms with Crippen molar-refractivity contribution in [2.45, 2.75) is 38.5 Å². The van der Waals surface area contributed by atoms with Crippen molar-refractivity contribution in [1.29, 1.82) is 0 Å². The molecule has 0 spiro atoms. The minimum atomic E-state index is -2.08. The Balaban J connectivity index is 1.39. The molecule has 2 amide bonds. The number of rotatable bonds is 10. The molecular weight excluding hydrogens is 556 g/mol. The molecular formula is C26H28F2N9O5+. The van der Waals surface area contributed by atoms with Gasteiger partial charge in [-0.15, -0.1) is 9.78 Å². The van der Waals surface area contributed by atoms with Crippen molar-refractivity contribution < 1.29 is 37.7 Å². The largest absolute Gasteiger partial charge is 0.551 e. The lowest BCUT2D eigenvalue weighted by Crippen LogP contribution is -2.58. The lowest BCUT2D eigenvalue weighted by molar-refractivity contribution is -0.766. The monoisotopic (exact) mass is 584 g/mol. The second-order valence-corrected chi connectivity index (χ2v) is 9.62. The Kier molecular flexibility index (Phi) is 8.06. The van der Waals surface area contributed by atoms with E-state index in [-0.39, 0.29) is 25.3 Å². The molecule has 1 saturated heterocycles. The van der Waals surface area contributed by atoms with E-state index >= 15 is 4.39 Å². The van der Waals surface area contributed by atoms with Crippen molar-refractivity contribution in [3.63, 3.8) is 0 Å². The molecule has 0 unspecified atom stereocenters. The number of nitrogens with zero attached hydrogens (tertiary/aromatic N) is 9. The van der Waals surface area contributed by atoms with Gasteiger partial charge in [-0.3, -0.25) is 4.90 Å². The van der Waals surface area contributed by atoms with Crippen LogP contribution in [0.15, 0.2) is 61.4 Å². The third kappa shape index (κ3) is 5.74. The predicted octanol–water partition coefficient (Wildman–Crippen LogP) is 1.62. The van der Waals surface area contributed by atoms with Crippen LogP contribution in [-0.2, 0) is 16.9 Å². The van der Waals surface area contributed by atoms with E-state index in [1.807, 2.05) is 6.92 Å². The zero-order chi connectivity index (χ0) is 29.9. The number of hydrogen-bond donors (Lipinski definition) is 1. The van der Waals surface area contributed by atoms with Gasteiger partial charge in [-0.05, 0) is 63.9 Å². The van der Waals surface area contributed by atoms with Gasteiger partial charge in [0.15, 0.2) is 5.60 Å². The number of aromatic nitrogens is 7. The van der Waals surface area contributed by atoms with Crippen LogP contribution in [0.25, 0.3) is 5.69 Å². The summed E-state index contributed by atoms with van der Waals surface area (Å²) in [7, 11) is 0. The van der Waals surface area contributed by atoms with Crippen LogP contribution in [-0.4, -0.2) is 78.0 Å². The maximum atomic E-state index is 15.1. The van der Waals surface area contributed by atoms with Crippen LogP contribution in [0.2, 0.25) is 0 Å². The average Bonchev–Trinajstić information content (AvgIpc) is 3.74. The van der Waals surface area contributed by atoms with Gasteiger partial charge in [0.25, 0.3) is 6.33 Å². The molecule has 0 bridgehead atoms. The van der Waals surface area contributed by atoms with Crippen molar-refractivity contribution in [1.82, 2.24) is 34.9 Å². The summed E-state index contributed by atoms with van der Waals surface area (Å²) in [6, 6.07) is 8.37. The van der Waals surface area contributed by atoms with Crippen LogP contribution < -0.4 is 14.4 Å². The smallest absolute Gasteiger partial charge is 0.432 e. The molecule has 220 valence electrons. The van der Waals surface area contributed by atoms with Crippen LogP contribution in [0.3, 0.4) is 0 Å². The molecule has 2 aromatic carbocycles. The van der Waals surface area contributed by atoms with Gasteiger partial charge in [0.2, 0.25) is 0 Å². The van der Waals surface area contributed by atoms with Crippen LogP contribution in [0.1, 0.15) is 25.8 Å². The minimum Gasteiger partial charge on any atom is -0.432 e. The van der Waals surface area contributed by atoms with E-state index in [0.717, 1.165) is 23.2 Å². The fourth-order valence-electron chi connectivity index (χ4n) is 4.74. The lowest BCUT2D eigenvalue weighted by atomic mass is 9.85. The van der Waals surface area contributed by atoms with Crippen LogP contribution >= 0.6 is 0 Å². The van der Waals surface area contributed by atoms with E-state index in [9.17, 15) is 19.1 Å². The van der Waals surface area contributed by atoms with E-state index in [4.69, 9.17) is 9.57 Å². The van der Waals surface area contributed by atoms with Crippen molar-refractivity contribution in [2.24, 2.45) is 0 Å². The number of aliphatic hydroxyl groups is 1. The second-order valence-electron chi connectivity index (χ2n) is 9.62. The third-order valence-corrected chi connectivity index (χ3v) is 6.94. The van der Waals surface area contributed by atoms with E-state index in [1.165, 1.54) is 31.8 Å². The van der Waals surface area contributed by atoms with Crippen molar-refractivity contribution >= 4 is 17.9 Å². The summed E-state index contributed by atoms with van der Waals surface area (Å²) >= 11 is 0. The molecule has 0 aliphatic carbocycles. The van der Waals surface area contributed by atoms with Crippen LogP contribution in [0, 0.1) is 11.6 Å².